The van der Waals surface area contributed by atoms with Gasteiger partial charge < -0.3 is 9.73 Å². The molecule has 0 saturated heterocycles. The number of benzene rings is 1. The van der Waals surface area contributed by atoms with E-state index in [1.165, 1.54) is 23.8 Å². The molecule has 2 aromatic heterocycles. The molecular weight excluding hydrogens is 350 g/mol. The Morgan fingerprint density at radius 3 is 2.83 bits per heavy atom. The molecule has 0 unspecified atom stereocenters. The minimum absolute atomic E-state index is 0.209. The van der Waals surface area contributed by atoms with Gasteiger partial charge in [0.25, 0.3) is 11.8 Å². The zero-order chi connectivity index (χ0) is 16.9. The molecule has 6 nitrogen and oxygen atoms in total. The van der Waals surface area contributed by atoms with Crippen molar-refractivity contribution in [2.75, 3.05) is 6.54 Å². The van der Waals surface area contributed by atoms with Gasteiger partial charge in [-0.25, -0.2) is 5.43 Å². The second kappa shape index (κ2) is 7.29. The first kappa shape index (κ1) is 16.2. The van der Waals surface area contributed by atoms with Crippen molar-refractivity contribution in [1.82, 2.24) is 10.7 Å². The summed E-state index contributed by atoms with van der Waals surface area (Å²) in [5.74, 6) is -0.342. The van der Waals surface area contributed by atoms with Crippen LogP contribution in [0.2, 0.25) is 5.02 Å². The summed E-state index contributed by atoms with van der Waals surface area (Å²) in [4.78, 5) is 24.2. The van der Waals surface area contributed by atoms with Gasteiger partial charge in [0.1, 0.15) is 10.6 Å². The molecule has 8 heteroatoms. The van der Waals surface area contributed by atoms with Crippen molar-refractivity contribution >= 4 is 51.1 Å². The summed E-state index contributed by atoms with van der Waals surface area (Å²) in [6.07, 6.45) is 2.86. The number of nitrogens with one attached hydrogen (secondary N) is 2. The number of hydrogen-bond donors (Lipinski definition) is 2. The minimum atomic E-state index is -0.455. The lowest BCUT2D eigenvalue weighted by Gasteiger charge is -2.02. The Morgan fingerprint density at radius 2 is 2.08 bits per heavy atom. The van der Waals surface area contributed by atoms with Crippen molar-refractivity contribution < 1.29 is 14.0 Å². The third kappa shape index (κ3) is 3.64. The Balaban J connectivity index is 1.56. The molecule has 2 heterocycles. The van der Waals surface area contributed by atoms with Gasteiger partial charge in [-0.2, -0.15) is 5.10 Å². The number of hydrogen-bond acceptors (Lipinski definition) is 5. The Hall–Kier alpha value is -2.64. The number of fused-ring (bicyclic) bond motifs is 1. The van der Waals surface area contributed by atoms with E-state index >= 15 is 0 Å². The average molecular weight is 362 g/mol. The zero-order valence-electron chi connectivity index (χ0n) is 12.3. The van der Waals surface area contributed by atoms with E-state index in [9.17, 15) is 9.59 Å². The number of halogens is 1. The topological polar surface area (TPSA) is 83.7 Å². The third-order valence-electron chi connectivity index (χ3n) is 3.07. The van der Waals surface area contributed by atoms with Gasteiger partial charge in [0, 0.05) is 10.1 Å². The van der Waals surface area contributed by atoms with Crippen LogP contribution in [0.4, 0.5) is 0 Å². The number of thiophene rings is 1. The number of carbonyl (C=O) groups is 2. The fourth-order valence-corrected chi connectivity index (χ4v) is 3.41. The molecule has 1 aromatic carbocycles. The summed E-state index contributed by atoms with van der Waals surface area (Å²) >= 11 is 7.51. The summed E-state index contributed by atoms with van der Waals surface area (Å²) in [6.45, 7) is -0.209. The van der Waals surface area contributed by atoms with E-state index in [-0.39, 0.29) is 6.54 Å². The smallest absolute Gasteiger partial charge is 0.263 e. The van der Waals surface area contributed by atoms with Crippen LogP contribution in [0, 0.1) is 0 Å². The standard InChI is InChI=1S/C16H12ClN3O3S/c17-14-11-5-1-2-6-12(11)24-15(14)16(22)18-9-13(21)20-19-8-10-4-3-7-23-10/h1-8H,9H2,(H,18,22)(H,20,21)/b19-8+. The van der Waals surface area contributed by atoms with E-state index in [0.717, 1.165) is 10.1 Å². The normalized spacial score (nSPS) is 11.0. The lowest BCUT2D eigenvalue weighted by Crippen LogP contribution is -2.34. The maximum atomic E-state index is 12.2. The first-order chi connectivity index (χ1) is 11.6. The molecule has 0 fully saturated rings. The van der Waals surface area contributed by atoms with Crippen molar-refractivity contribution in [3.8, 4) is 0 Å². The van der Waals surface area contributed by atoms with Crippen LogP contribution in [0.1, 0.15) is 15.4 Å². The monoisotopic (exact) mass is 361 g/mol. The van der Waals surface area contributed by atoms with Crippen molar-refractivity contribution in [3.63, 3.8) is 0 Å². The molecule has 0 aliphatic rings. The molecule has 2 N–H and O–H groups in total. The number of hydrazone groups is 1. The van der Waals surface area contributed by atoms with Gasteiger partial charge in [0.05, 0.1) is 24.0 Å². The predicted octanol–water partition coefficient (Wildman–Crippen LogP) is 3.03. The van der Waals surface area contributed by atoms with E-state index in [4.69, 9.17) is 16.0 Å². The molecule has 24 heavy (non-hydrogen) atoms. The first-order valence-electron chi connectivity index (χ1n) is 6.96. The largest absolute Gasteiger partial charge is 0.463 e. The molecule has 2 amide bonds. The number of amides is 2. The summed E-state index contributed by atoms with van der Waals surface area (Å²) in [5, 5.41) is 7.46. The van der Waals surface area contributed by atoms with E-state index < -0.39 is 11.8 Å². The summed E-state index contributed by atoms with van der Waals surface area (Å²) in [5.41, 5.74) is 2.30. The van der Waals surface area contributed by atoms with Crippen molar-refractivity contribution in [1.29, 1.82) is 0 Å². The van der Waals surface area contributed by atoms with Crippen LogP contribution in [-0.4, -0.2) is 24.6 Å². The lowest BCUT2D eigenvalue weighted by molar-refractivity contribution is -0.120. The van der Waals surface area contributed by atoms with Crippen LogP contribution in [-0.2, 0) is 4.79 Å². The van der Waals surface area contributed by atoms with Gasteiger partial charge in [-0.15, -0.1) is 11.3 Å². The van der Waals surface area contributed by atoms with E-state index in [2.05, 4.69) is 15.8 Å². The molecule has 0 aliphatic carbocycles. The number of rotatable bonds is 5. The maximum absolute atomic E-state index is 12.2. The Kier molecular flexibility index (Phi) is 4.93. The highest BCUT2D eigenvalue weighted by Gasteiger charge is 2.17. The van der Waals surface area contributed by atoms with Crippen molar-refractivity contribution in [3.05, 3.63) is 58.3 Å². The highest BCUT2D eigenvalue weighted by molar-refractivity contribution is 7.21. The summed E-state index contributed by atoms with van der Waals surface area (Å²) < 4.78 is 5.95. The van der Waals surface area contributed by atoms with Crippen LogP contribution in [0.15, 0.2) is 52.2 Å². The van der Waals surface area contributed by atoms with Gasteiger partial charge in [-0.05, 0) is 18.2 Å². The molecule has 0 radical (unpaired) electrons. The fraction of sp³-hybridized carbons (Fsp3) is 0.0625. The highest BCUT2D eigenvalue weighted by Crippen LogP contribution is 2.34. The van der Waals surface area contributed by atoms with Gasteiger partial charge in [-0.3, -0.25) is 9.59 Å². The first-order valence-corrected chi connectivity index (χ1v) is 8.15. The van der Waals surface area contributed by atoms with Crippen molar-refractivity contribution in [2.24, 2.45) is 5.10 Å². The quantitative estimate of drug-likeness (QED) is 0.541. The van der Waals surface area contributed by atoms with Crippen LogP contribution in [0.3, 0.4) is 0 Å². The number of carbonyl (C=O) groups excluding carboxylic acids is 2. The average Bonchev–Trinajstić information content (AvgIpc) is 3.21. The van der Waals surface area contributed by atoms with Gasteiger partial charge >= 0.3 is 0 Å². The highest BCUT2D eigenvalue weighted by atomic mass is 35.5. The van der Waals surface area contributed by atoms with Gasteiger partial charge in [0.15, 0.2) is 0 Å². The second-order valence-corrected chi connectivity index (χ2v) is 6.16. The summed E-state index contributed by atoms with van der Waals surface area (Å²) in [6, 6.07) is 10.9. The maximum Gasteiger partial charge on any atom is 0.263 e. The molecular formula is C16H12ClN3O3S. The zero-order valence-corrected chi connectivity index (χ0v) is 13.9. The Bertz CT molecular complexity index is 903. The van der Waals surface area contributed by atoms with Crippen LogP contribution in [0.5, 0.6) is 0 Å². The number of nitrogens with zero attached hydrogens (tertiary/aromatic N) is 1. The number of furan rings is 1. The van der Waals surface area contributed by atoms with Gasteiger partial charge in [-0.1, -0.05) is 29.8 Å². The molecule has 0 saturated carbocycles. The SMILES string of the molecule is O=C(CNC(=O)c1sc2ccccc2c1Cl)N/N=C/c1ccco1. The van der Waals surface area contributed by atoms with Crippen LogP contribution in [0.25, 0.3) is 10.1 Å². The molecule has 3 aromatic rings. The predicted molar refractivity (Wildman–Crippen MR) is 93.6 cm³/mol. The molecule has 3 rings (SSSR count). The molecule has 0 atom stereocenters. The van der Waals surface area contributed by atoms with Crippen LogP contribution < -0.4 is 10.7 Å². The lowest BCUT2D eigenvalue weighted by atomic mass is 10.2. The second-order valence-electron chi connectivity index (χ2n) is 4.73. The van der Waals surface area contributed by atoms with Crippen LogP contribution >= 0.6 is 22.9 Å². The molecule has 0 aliphatic heterocycles. The van der Waals surface area contributed by atoms with Crippen molar-refractivity contribution in [2.45, 2.75) is 0 Å². The third-order valence-corrected chi connectivity index (χ3v) is 4.75. The molecule has 122 valence electrons. The Labute approximate surface area is 146 Å². The van der Waals surface area contributed by atoms with E-state index in [1.54, 1.807) is 12.1 Å². The molecule has 0 spiro atoms. The molecule has 0 bridgehead atoms. The van der Waals surface area contributed by atoms with Gasteiger partial charge in [0.2, 0.25) is 0 Å². The summed E-state index contributed by atoms with van der Waals surface area (Å²) in [7, 11) is 0. The van der Waals surface area contributed by atoms with E-state index in [1.807, 2.05) is 24.3 Å². The fourth-order valence-electron chi connectivity index (χ4n) is 1.97. The Morgan fingerprint density at radius 1 is 1.25 bits per heavy atom. The minimum Gasteiger partial charge on any atom is -0.463 e. The van der Waals surface area contributed by atoms with E-state index in [0.29, 0.717) is 15.7 Å².